The molecule has 1 unspecified atom stereocenters. The minimum absolute atomic E-state index is 0.238. The van der Waals surface area contributed by atoms with E-state index in [9.17, 15) is 8.42 Å². The summed E-state index contributed by atoms with van der Waals surface area (Å²) in [5.41, 5.74) is 0. The van der Waals surface area contributed by atoms with E-state index < -0.39 is 21.9 Å². The molecule has 0 fully saturated rings. The fraction of sp³-hybridized carbons (Fsp3) is 0.714. The quantitative estimate of drug-likeness (QED) is 0.564. The van der Waals surface area contributed by atoms with Crippen LogP contribution < -0.4 is 4.72 Å². The molecule has 0 bridgehead atoms. The first kappa shape index (κ1) is 12.1. The summed E-state index contributed by atoms with van der Waals surface area (Å²) in [5.74, 6) is 0.620. The molecule has 0 aromatic carbocycles. The number of nitrogens with one attached hydrogen (secondary N) is 2. The van der Waals surface area contributed by atoms with Gasteiger partial charge in [-0.1, -0.05) is 0 Å². The highest BCUT2D eigenvalue weighted by molar-refractivity contribution is 7.90. The van der Waals surface area contributed by atoms with E-state index in [4.69, 9.17) is 5.11 Å². The topological polar surface area (TPSA) is 108 Å². The standard InChI is InChI=1S/C7H14N4O3S/c1-6(4-12)15(13,14)10-3-2-7-8-5-9-11-7/h5-6,10,12H,2-4H2,1H3,(H,8,9,11). The third kappa shape index (κ3) is 3.57. The Kier molecular flexibility index (Phi) is 4.18. The lowest BCUT2D eigenvalue weighted by atomic mass is 10.4. The van der Waals surface area contributed by atoms with Crippen LogP contribution in [-0.4, -0.2) is 47.1 Å². The first-order chi connectivity index (χ1) is 7.06. The lowest BCUT2D eigenvalue weighted by molar-refractivity contribution is 0.295. The van der Waals surface area contributed by atoms with Gasteiger partial charge in [0.05, 0.1) is 11.9 Å². The molecule has 0 radical (unpaired) electrons. The average molecular weight is 234 g/mol. The second kappa shape index (κ2) is 5.19. The van der Waals surface area contributed by atoms with Gasteiger partial charge in [-0.2, -0.15) is 5.10 Å². The minimum atomic E-state index is -3.43. The van der Waals surface area contributed by atoms with E-state index in [1.54, 1.807) is 0 Å². The first-order valence-corrected chi connectivity index (χ1v) is 6.04. The third-order valence-corrected chi connectivity index (χ3v) is 3.73. The highest BCUT2D eigenvalue weighted by Crippen LogP contribution is 1.96. The molecule has 8 heteroatoms. The molecule has 1 heterocycles. The van der Waals surface area contributed by atoms with Crippen LogP contribution in [-0.2, 0) is 16.4 Å². The van der Waals surface area contributed by atoms with Crippen molar-refractivity contribution >= 4 is 10.0 Å². The summed E-state index contributed by atoms with van der Waals surface area (Å²) in [5, 5.41) is 14.2. The highest BCUT2D eigenvalue weighted by Gasteiger charge is 2.18. The number of sulfonamides is 1. The van der Waals surface area contributed by atoms with Crippen LogP contribution in [0.4, 0.5) is 0 Å². The molecule has 1 atom stereocenters. The number of aliphatic hydroxyl groups excluding tert-OH is 1. The van der Waals surface area contributed by atoms with Crippen molar-refractivity contribution in [3.05, 3.63) is 12.2 Å². The molecule has 0 saturated heterocycles. The predicted octanol–water partition coefficient (Wildman–Crippen LogP) is -1.35. The van der Waals surface area contributed by atoms with Gasteiger partial charge < -0.3 is 5.11 Å². The molecule has 7 nitrogen and oxygen atoms in total. The van der Waals surface area contributed by atoms with Crippen molar-refractivity contribution in [1.29, 1.82) is 0 Å². The van der Waals surface area contributed by atoms with Gasteiger partial charge in [-0.25, -0.2) is 18.1 Å². The number of nitrogens with zero attached hydrogens (tertiary/aromatic N) is 2. The van der Waals surface area contributed by atoms with Crippen LogP contribution in [0.25, 0.3) is 0 Å². The number of aromatic amines is 1. The second-order valence-electron chi connectivity index (χ2n) is 3.11. The van der Waals surface area contributed by atoms with Gasteiger partial charge in [0, 0.05) is 13.0 Å². The Labute approximate surface area is 88.0 Å². The Morgan fingerprint density at radius 3 is 2.93 bits per heavy atom. The lowest BCUT2D eigenvalue weighted by Crippen LogP contribution is -2.35. The van der Waals surface area contributed by atoms with Crippen molar-refractivity contribution in [2.75, 3.05) is 13.2 Å². The van der Waals surface area contributed by atoms with Gasteiger partial charge in [0.2, 0.25) is 10.0 Å². The molecule has 0 saturated carbocycles. The molecule has 1 aromatic rings. The van der Waals surface area contributed by atoms with Crippen molar-refractivity contribution in [3.8, 4) is 0 Å². The van der Waals surface area contributed by atoms with Gasteiger partial charge in [0.25, 0.3) is 0 Å². The monoisotopic (exact) mass is 234 g/mol. The number of hydrogen-bond acceptors (Lipinski definition) is 5. The fourth-order valence-corrected chi connectivity index (χ4v) is 1.77. The van der Waals surface area contributed by atoms with Gasteiger partial charge in [0.1, 0.15) is 12.2 Å². The minimum Gasteiger partial charge on any atom is -0.395 e. The van der Waals surface area contributed by atoms with Crippen LogP contribution in [0.5, 0.6) is 0 Å². The molecule has 86 valence electrons. The zero-order valence-electron chi connectivity index (χ0n) is 8.34. The van der Waals surface area contributed by atoms with Gasteiger partial charge in [-0.15, -0.1) is 0 Å². The molecule has 0 aliphatic carbocycles. The SMILES string of the molecule is CC(CO)S(=O)(=O)NCCc1ncn[nH]1. The van der Waals surface area contributed by atoms with Crippen molar-refractivity contribution in [1.82, 2.24) is 19.9 Å². The maximum Gasteiger partial charge on any atom is 0.216 e. The Bertz CT molecular complexity index is 375. The van der Waals surface area contributed by atoms with Crippen LogP contribution in [0.3, 0.4) is 0 Å². The van der Waals surface area contributed by atoms with Crippen LogP contribution >= 0.6 is 0 Å². The first-order valence-electron chi connectivity index (χ1n) is 4.50. The number of aromatic nitrogens is 3. The van der Waals surface area contributed by atoms with Gasteiger partial charge in [-0.05, 0) is 6.92 Å². The summed E-state index contributed by atoms with van der Waals surface area (Å²) < 4.78 is 25.1. The summed E-state index contributed by atoms with van der Waals surface area (Å²) in [6.45, 7) is 1.29. The number of rotatable bonds is 6. The zero-order valence-corrected chi connectivity index (χ0v) is 9.16. The van der Waals surface area contributed by atoms with E-state index in [0.29, 0.717) is 12.2 Å². The maximum absolute atomic E-state index is 11.4. The summed E-state index contributed by atoms with van der Waals surface area (Å²) in [6.07, 6.45) is 1.80. The number of H-pyrrole nitrogens is 1. The molecule has 1 rings (SSSR count). The highest BCUT2D eigenvalue weighted by atomic mass is 32.2. The largest absolute Gasteiger partial charge is 0.395 e. The number of hydrogen-bond donors (Lipinski definition) is 3. The summed E-state index contributed by atoms with van der Waals surface area (Å²) in [7, 11) is -3.43. The molecule has 0 spiro atoms. The molecule has 15 heavy (non-hydrogen) atoms. The lowest BCUT2D eigenvalue weighted by Gasteiger charge is -2.10. The molecule has 0 aliphatic heterocycles. The van der Waals surface area contributed by atoms with Gasteiger partial charge >= 0.3 is 0 Å². The van der Waals surface area contributed by atoms with Crippen molar-refractivity contribution in [3.63, 3.8) is 0 Å². The number of aliphatic hydroxyl groups is 1. The van der Waals surface area contributed by atoms with Gasteiger partial charge in [0.15, 0.2) is 0 Å². The third-order valence-electron chi connectivity index (χ3n) is 1.92. The van der Waals surface area contributed by atoms with E-state index >= 15 is 0 Å². The van der Waals surface area contributed by atoms with Crippen LogP contribution in [0.2, 0.25) is 0 Å². The zero-order chi connectivity index (χ0) is 11.3. The Morgan fingerprint density at radius 2 is 2.40 bits per heavy atom. The smallest absolute Gasteiger partial charge is 0.216 e. The van der Waals surface area contributed by atoms with E-state index in [1.807, 2.05) is 0 Å². The van der Waals surface area contributed by atoms with E-state index in [1.165, 1.54) is 13.3 Å². The van der Waals surface area contributed by atoms with E-state index in [0.717, 1.165) is 0 Å². The molecule has 3 N–H and O–H groups in total. The van der Waals surface area contributed by atoms with Crippen LogP contribution in [0.1, 0.15) is 12.7 Å². The van der Waals surface area contributed by atoms with Crippen molar-refractivity contribution in [2.45, 2.75) is 18.6 Å². The van der Waals surface area contributed by atoms with Crippen LogP contribution in [0, 0.1) is 0 Å². The average Bonchev–Trinajstić information content (AvgIpc) is 2.69. The normalized spacial score (nSPS) is 14.0. The molecular weight excluding hydrogens is 220 g/mol. The second-order valence-corrected chi connectivity index (χ2v) is 5.30. The van der Waals surface area contributed by atoms with Crippen molar-refractivity contribution < 1.29 is 13.5 Å². The maximum atomic E-state index is 11.4. The van der Waals surface area contributed by atoms with E-state index in [-0.39, 0.29) is 6.54 Å². The van der Waals surface area contributed by atoms with Crippen molar-refractivity contribution in [2.24, 2.45) is 0 Å². The Hall–Kier alpha value is -0.990. The van der Waals surface area contributed by atoms with Gasteiger partial charge in [-0.3, -0.25) is 5.10 Å². The molecule has 0 amide bonds. The summed E-state index contributed by atoms with van der Waals surface area (Å²) >= 11 is 0. The Balaban J connectivity index is 2.37. The summed E-state index contributed by atoms with van der Waals surface area (Å²) in [4.78, 5) is 3.85. The predicted molar refractivity (Wildman–Crippen MR) is 53.6 cm³/mol. The Morgan fingerprint density at radius 1 is 1.67 bits per heavy atom. The molecule has 1 aromatic heterocycles. The van der Waals surface area contributed by atoms with E-state index in [2.05, 4.69) is 19.9 Å². The molecular formula is C7H14N4O3S. The summed E-state index contributed by atoms with van der Waals surface area (Å²) in [6, 6.07) is 0. The molecule has 0 aliphatic rings. The van der Waals surface area contributed by atoms with Crippen LogP contribution in [0.15, 0.2) is 6.33 Å². The fourth-order valence-electron chi connectivity index (χ4n) is 0.903.